The monoisotopic (exact) mass is 1190 g/mol. The predicted octanol–water partition coefficient (Wildman–Crippen LogP) is 17.6. The number of allylic oxidation sites excluding steroid dienone is 17. The summed E-state index contributed by atoms with van der Waals surface area (Å²) < 4.78 is 17.7. The summed E-state index contributed by atoms with van der Waals surface area (Å²) in [5.41, 5.74) is 0. The first-order valence-corrected chi connectivity index (χ1v) is 34.7. The molecule has 1 aliphatic heterocycles. The first kappa shape index (κ1) is 79.3. The zero-order valence-corrected chi connectivity index (χ0v) is 54.2. The predicted molar refractivity (Wildman–Crippen MR) is 356 cm³/mol. The Morgan fingerprint density at radius 2 is 0.847 bits per heavy atom. The van der Waals surface area contributed by atoms with Crippen molar-refractivity contribution in [1.29, 1.82) is 0 Å². The van der Waals surface area contributed by atoms with Crippen LogP contribution in [0.25, 0.3) is 0 Å². The van der Waals surface area contributed by atoms with Crippen LogP contribution in [0.5, 0.6) is 0 Å². The molecule has 0 saturated carbocycles. The number of carbonyl (C=O) groups excluding carboxylic acids is 2. The van der Waals surface area contributed by atoms with E-state index in [4.69, 9.17) is 14.2 Å². The van der Waals surface area contributed by atoms with Crippen molar-refractivity contribution in [2.75, 3.05) is 13.2 Å². The topological polar surface area (TPSA) is 175 Å². The molecule has 1 saturated heterocycles. The molecule has 1 rings (SSSR count). The molecule has 0 aromatic rings. The van der Waals surface area contributed by atoms with Gasteiger partial charge in [-0.25, -0.2) is 0 Å². The fourth-order valence-electron chi connectivity index (χ4n) is 10.2. The Bertz CT molecular complexity index is 1800. The molecule has 1 heterocycles. The number of aliphatic hydroxyl groups excluding tert-OH is 5. The molecule has 85 heavy (non-hydrogen) atoms. The highest BCUT2D eigenvalue weighted by molar-refractivity contribution is 5.80. The Morgan fingerprint density at radius 1 is 0.471 bits per heavy atom. The first-order valence-electron chi connectivity index (χ1n) is 34.7. The highest BCUT2D eigenvalue weighted by Crippen LogP contribution is 2.26. The van der Waals surface area contributed by atoms with Crippen molar-refractivity contribution in [2.24, 2.45) is 0 Å². The molecular weight excluding hydrogens is 1060 g/mol. The second kappa shape index (κ2) is 60.6. The number of carbonyl (C=O) groups is 2. The third-order valence-electron chi connectivity index (χ3n) is 15.7. The van der Waals surface area contributed by atoms with Crippen LogP contribution in [0.4, 0.5) is 0 Å². The zero-order chi connectivity index (χ0) is 61.7. The molecule has 11 heteroatoms. The van der Waals surface area contributed by atoms with E-state index in [9.17, 15) is 35.1 Å². The number of amides is 1. The average molecular weight is 1190 g/mol. The van der Waals surface area contributed by atoms with Crippen LogP contribution in [-0.4, -0.2) is 99.6 Å². The fraction of sp³-hybridized carbons (Fsp3) is 0.730. The second-order valence-corrected chi connectivity index (χ2v) is 23.5. The van der Waals surface area contributed by atoms with Crippen LogP contribution in [0.15, 0.2) is 109 Å². The molecule has 0 radical (unpaired) electrons. The minimum absolute atomic E-state index is 0.115. The van der Waals surface area contributed by atoms with E-state index in [1.807, 2.05) is 6.08 Å². The van der Waals surface area contributed by atoms with Crippen molar-refractivity contribution in [3.63, 3.8) is 0 Å². The lowest BCUT2D eigenvalue weighted by molar-refractivity contribution is -0.305. The van der Waals surface area contributed by atoms with Gasteiger partial charge in [0.25, 0.3) is 0 Å². The molecule has 488 valence electrons. The summed E-state index contributed by atoms with van der Waals surface area (Å²) in [5, 5.41) is 57.1. The maximum atomic E-state index is 13.5. The number of unbranched alkanes of at least 4 members (excludes halogenated alkanes) is 28. The van der Waals surface area contributed by atoms with E-state index >= 15 is 0 Å². The van der Waals surface area contributed by atoms with E-state index < -0.39 is 67.4 Å². The van der Waals surface area contributed by atoms with Crippen molar-refractivity contribution in [3.05, 3.63) is 109 Å². The number of nitrogens with one attached hydrogen (secondary N) is 1. The molecule has 0 aliphatic carbocycles. The van der Waals surface area contributed by atoms with Gasteiger partial charge in [-0.3, -0.25) is 9.59 Å². The lowest BCUT2D eigenvalue weighted by Crippen LogP contribution is -2.61. The lowest BCUT2D eigenvalue weighted by atomic mass is 9.99. The van der Waals surface area contributed by atoms with Gasteiger partial charge in [-0.05, 0) is 109 Å². The van der Waals surface area contributed by atoms with Gasteiger partial charge in [0.05, 0.1) is 25.4 Å². The van der Waals surface area contributed by atoms with E-state index in [2.05, 4.69) is 123 Å². The summed E-state index contributed by atoms with van der Waals surface area (Å²) in [5.74, 6) is -1.22. The van der Waals surface area contributed by atoms with Gasteiger partial charge in [0.1, 0.15) is 24.4 Å². The maximum Gasteiger partial charge on any atom is 0.306 e. The number of hydrogen-bond acceptors (Lipinski definition) is 10. The number of esters is 1. The van der Waals surface area contributed by atoms with Crippen molar-refractivity contribution < 1.29 is 49.3 Å². The van der Waals surface area contributed by atoms with Crippen LogP contribution in [0.2, 0.25) is 0 Å². The molecule has 0 aromatic carbocycles. The first-order chi connectivity index (χ1) is 41.7. The second-order valence-electron chi connectivity index (χ2n) is 23.5. The molecule has 0 bridgehead atoms. The van der Waals surface area contributed by atoms with Crippen molar-refractivity contribution in [1.82, 2.24) is 5.32 Å². The summed E-state index contributed by atoms with van der Waals surface area (Å²) in [4.78, 5) is 26.6. The van der Waals surface area contributed by atoms with Crippen molar-refractivity contribution in [3.8, 4) is 0 Å². The normalized spacial score (nSPS) is 19.1. The van der Waals surface area contributed by atoms with Crippen molar-refractivity contribution in [2.45, 2.75) is 333 Å². The minimum atomic E-state index is -1.62. The third-order valence-corrected chi connectivity index (χ3v) is 15.7. The number of hydrogen-bond donors (Lipinski definition) is 6. The molecule has 1 amide bonds. The largest absolute Gasteiger partial charge is 0.454 e. The number of ether oxygens (including phenoxy) is 3. The Kier molecular flexibility index (Phi) is 56.6. The molecule has 1 aliphatic rings. The van der Waals surface area contributed by atoms with E-state index in [-0.39, 0.29) is 19.4 Å². The molecule has 6 N–H and O–H groups in total. The van der Waals surface area contributed by atoms with Gasteiger partial charge in [0.2, 0.25) is 5.91 Å². The standard InChI is InChI=1S/C74H127NO10/c1-4-7-10-13-16-19-22-24-26-28-30-32-34-36-38-40-42-44-47-50-53-56-59-62-69(79)85-72-71(81)70(80)68(63-76)84-74(72)83-64-65(66(77)60-57-54-51-48-45-21-18-15-12-9-6-3)75-73(82)67(78)61-58-55-52-49-46-43-41-39-37-35-33-31-29-27-25-23-20-17-14-11-8-5-2/h8,11,16-17,19-20,24-27,31,33,37,39,43,46,57,60,65-68,70-72,74,76-78,80-81H,4-7,9-10,12-15,18,21-23,28-30,32,34-36,38,40-42,44-45,47-56,58-59,61-64H2,1-3H3,(H,75,82)/b11-8-,19-16-,20-17-,26-24-,27-25-,33-31-,39-37-,46-43-,60-57+. The molecule has 0 spiro atoms. The van der Waals surface area contributed by atoms with Crippen LogP contribution >= 0.6 is 0 Å². The SMILES string of the molecule is CC/C=C\C/C=C\C/C=C\C/C=C\C/C=C\C/C=C\CCCCCC(O)C(=O)NC(COC1OC(CO)C(O)C(O)C1OC(=O)CCCCCCCCCCCCCCC/C=C\C/C=C\CCCCC)C(O)/C=C/CCCCCCCCCCC. The van der Waals surface area contributed by atoms with Gasteiger partial charge in [-0.15, -0.1) is 0 Å². The van der Waals surface area contributed by atoms with Gasteiger partial charge in [-0.2, -0.15) is 0 Å². The van der Waals surface area contributed by atoms with Gasteiger partial charge in [-0.1, -0.05) is 278 Å². The molecular formula is C74H127NO10. The van der Waals surface area contributed by atoms with Crippen LogP contribution in [0.3, 0.4) is 0 Å². The number of rotatable bonds is 58. The average Bonchev–Trinajstić information content (AvgIpc) is 3.63. The van der Waals surface area contributed by atoms with E-state index in [0.29, 0.717) is 12.8 Å². The summed E-state index contributed by atoms with van der Waals surface area (Å²) >= 11 is 0. The van der Waals surface area contributed by atoms with E-state index in [1.165, 1.54) is 128 Å². The fourth-order valence-corrected chi connectivity index (χ4v) is 10.2. The van der Waals surface area contributed by atoms with Crippen LogP contribution in [-0.2, 0) is 23.8 Å². The summed E-state index contributed by atoms with van der Waals surface area (Å²) in [7, 11) is 0. The van der Waals surface area contributed by atoms with Crippen LogP contribution in [0, 0.1) is 0 Å². The minimum Gasteiger partial charge on any atom is -0.454 e. The molecule has 8 atom stereocenters. The van der Waals surface area contributed by atoms with Gasteiger partial charge < -0.3 is 45.1 Å². The maximum absolute atomic E-state index is 13.5. The molecule has 1 fully saturated rings. The molecule has 0 aromatic heterocycles. The quantitative estimate of drug-likeness (QED) is 0.0195. The highest BCUT2D eigenvalue weighted by atomic mass is 16.7. The summed E-state index contributed by atoms with van der Waals surface area (Å²) in [6.07, 6.45) is 72.7. The smallest absolute Gasteiger partial charge is 0.306 e. The number of aliphatic hydroxyl groups is 5. The van der Waals surface area contributed by atoms with Gasteiger partial charge in [0.15, 0.2) is 12.4 Å². The van der Waals surface area contributed by atoms with Gasteiger partial charge >= 0.3 is 5.97 Å². The van der Waals surface area contributed by atoms with Crippen LogP contribution < -0.4 is 5.32 Å². The Hall–Kier alpha value is -3.68. The van der Waals surface area contributed by atoms with Crippen molar-refractivity contribution >= 4 is 11.9 Å². The van der Waals surface area contributed by atoms with E-state index in [0.717, 1.165) is 109 Å². The van der Waals surface area contributed by atoms with Crippen LogP contribution in [0.1, 0.15) is 284 Å². The molecule has 8 unspecified atom stereocenters. The summed E-state index contributed by atoms with van der Waals surface area (Å²) in [6.45, 7) is 5.64. The Morgan fingerprint density at radius 3 is 1.29 bits per heavy atom. The lowest BCUT2D eigenvalue weighted by Gasteiger charge is -2.41. The Balaban J connectivity index is 2.60. The molecule has 11 nitrogen and oxygen atoms in total. The third kappa shape index (κ3) is 48.0. The van der Waals surface area contributed by atoms with E-state index in [1.54, 1.807) is 6.08 Å². The Labute approximate surface area is 519 Å². The highest BCUT2D eigenvalue weighted by Gasteiger charge is 2.47. The zero-order valence-electron chi connectivity index (χ0n) is 54.2. The summed E-state index contributed by atoms with van der Waals surface area (Å²) in [6, 6.07) is -1.04. The van der Waals surface area contributed by atoms with Gasteiger partial charge in [0, 0.05) is 6.42 Å².